The highest BCUT2D eigenvalue weighted by molar-refractivity contribution is 9.11. The first-order valence-corrected chi connectivity index (χ1v) is 7.44. The third-order valence-electron chi connectivity index (χ3n) is 2.31. The van der Waals surface area contributed by atoms with E-state index in [0.717, 1.165) is 14.6 Å². The average Bonchev–Trinajstić information content (AvgIpc) is 2.78. The number of nitrogens with one attached hydrogen (secondary N) is 1. The molecule has 0 aliphatic carbocycles. The highest BCUT2D eigenvalue weighted by atomic mass is 79.9. The summed E-state index contributed by atoms with van der Waals surface area (Å²) in [6.45, 7) is 4.82. The molecule has 0 radical (unpaired) electrons. The lowest BCUT2D eigenvalue weighted by molar-refractivity contribution is 0.329. The van der Waals surface area contributed by atoms with Gasteiger partial charge in [-0.2, -0.15) is 4.98 Å². The second-order valence-electron chi connectivity index (χ2n) is 4.32. The van der Waals surface area contributed by atoms with Gasteiger partial charge in [0, 0.05) is 17.1 Å². The van der Waals surface area contributed by atoms with Crippen molar-refractivity contribution in [3.8, 4) is 11.8 Å². The molecule has 0 bridgehead atoms. The second kappa shape index (κ2) is 6.54. The van der Waals surface area contributed by atoms with Gasteiger partial charge in [0.2, 0.25) is 0 Å². The van der Waals surface area contributed by atoms with E-state index in [2.05, 4.69) is 56.0 Å². The van der Waals surface area contributed by atoms with Crippen LogP contribution in [0.1, 0.15) is 19.5 Å². The van der Waals surface area contributed by atoms with Gasteiger partial charge < -0.3 is 14.5 Å². The molecule has 0 fully saturated rings. The van der Waals surface area contributed by atoms with Gasteiger partial charge in [-0.15, -0.1) is 0 Å². The number of ether oxygens (including phenoxy) is 1. The van der Waals surface area contributed by atoms with Crippen LogP contribution in [0, 0.1) is 0 Å². The molecule has 1 N–H and O–H groups in total. The van der Waals surface area contributed by atoms with Gasteiger partial charge in [0.25, 0.3) is 0 Å². The Labute approximate surface area is 128 Å². The predicted molar refractivity (Wildman–Crippen MR) is 80.4 cm³/mol. The molecule has 0 saturated carbocycles. The normalized spacial score (nSPS) is 11.0. The molecule has 0 unspecified atom stereocenters. The van der Waals surface area contributed by atoms with Gasteiger partial charge in [-0.25, -0.2) is 0 Å². The fourth-order valence-corrected chi connectivity index (χ4v) is 2.51. The van der Waals surface area contributed by atoms with Crippen LogP contribution in [0.25, 0.3) is 0 Å². The summed E-state index contributed by atoms with van der Waals surface area (Å²) >= 11 is 6.81. The lowest BCUT2D eigenvalue weighted by Gasteiger charge is -2.04. The molecule has 0 saturated heterocycles. The van der Waals surface area contributed by atoms with E-state index in [1.54, 1.807) is 6.26 Å². The Morgan fingerprint density at radius 1 is 1.37 bits per heavy atom. The number of hydrogen-bond donors (Lipinski definition) is 1. The zero-order chi connectivity index (χ0) is 13.8. The van der Waals surface area contributed by atoms with Crippen LogP contribution >= 0.6 is 31.9 Å². The van der Waals surface area contributed by atoms with Gasteiger partial charge in [-0.1, -0.05) is 29.8 Å². The maximum Gasteiger partial charge on any atom is 0.399 e. The summed E-state index contributed by atoms with van der Waals surface area (Å²) in [5.41, 5.74) is 0.817. The van der Waals surface area contributed by atoms with Gasteiger partial charge in [-0.05, 0) is 34.1 Å². The Balaban J connectivity index is 2.03. The van der Waals surface area contributed by atoms with E-state index in [-0.39, 0.29) is 6.08 Å². The minimum absolute atomic E-state index is 0.239. The predicted octanol–water partition coefficient (Wildman–Crippen LogP) is 4.49. The summed E-state index contributed by atoms with van der Waals surface area (Å²) in [5, 5.41) is 3.26. The number of rotatable bonds is 5. The lowest BCUT2D eigenvalue weighted by atomic mass is 10.3. The molecule has 1 aromatic heterocycles. The summed E-state index contributed by atoms with van der Waals surface area (Å²) in [5.74, 6) is 0.661. The van der Waals surface area contributed by atoms with E-state index in [9.17, 15) is 0 Å². The molecule has 6 heteroatoms. The molecule has 2 aromatic rings. The minimum atomic E-state index is 0.239. The Hall–Kier alpha value is -0.850. The molecule has 0 amide bonds. The van der Waals surface area contributed by atoms with Crippen molar-refractivity contribution in [2.24, 2.45) is 0 Å². The number of halogens is 2. The molecule has 102 valence electrons. The van der Waals surface area contributed by atoms with Crippen molar-refractivity contribution in [2.45, 2.75) is 26.4 Å². The van der Waals surface area contributed by atoms with Gasteiger partial charge in [0.15, 0.2) is 0 Å². The molecular weight excluding hydrogens is 376 g/mol. The van der Waals surface area contributed by atoms with Gasteiger partial charge in [0.05, 0.1) is 10.2 Å². The topological polar surface area (TPSA) is 47.3 Å². The van der Waals surface area contributed by atoms with E-state index < -0.39 is 0 Å². The smallest absolute Gasteiger partial charge is 0.399 e. The van der Waals surface area contributed by atoms with Crippen molar-refractivity contribution >= 4 is 31.9 Å². The first-order valence-electron chi connectivity index (χ1n) is 5.85. The van der Waals surface area contributed by atoms with Crippen LogP contribution in [-0.2, 0) is 6.54 Å². The third kappa shape index (κ3) is 4.33. The van der Waals surface area contributed by atoms with E-state index in [1.165, 1.54) is 0 Å². The molecule has 1 heterocycles. The quantitative estimate of drug-likeness (QED) is 0.818. The molecule has 0 spiro atoms. The van der Waals surface area contributed by atoms with Crippen molar-refractivity contribution in [3.05, 3.63) is 39.1 Å². The summed E-state index contributed by atoms with van der Waals surface area (Å²) in [4.78, 5) is 4.26. The van der Waals surface area contributed by atoms with Gasteiger partial charge >= 0.3 is 6.08 Å². The minimum Gasteiger partial charge on any atom is -0.417 e. The summed E-state index contributed by atoms with van der Waals surface area (Å²) in [7, 11) is 0. The van der Waals surface area contributed by atoms with Gasteiger partial charge in [-0.3, -0.25) is 0 Å². The first kappa shape index (κ1) is 14.6. The Bertz CT molecular complexity index is 555. The average molecular weight is 390 g/mol. The fraction of sp³-hybridized carbons (Fsp3) is 0.308. The van der Waals surface area contributed by atoms with Crippen LogP contribution < -0.4 is 10.1 Å². The maximum absolute atomic E-state index is 5.58. The highest BCUT2D eigenvalue weighted by Gasteiger charge is 2.09. The van der Waals surface area contributed by atoms with Crippen LogP contribution in [0.4, 0.5) is 0 Å². The van der Waals surface area contributed by atoms with Crippen molar-refractivity contribution < 1.29 is 9.15 Å². The number of hydrogen-bond acceptors (Lipinski definition) is 4. The third-order valence-corrected chi connectivity index (χ3v) is 3.43. The Kier molecular flexibility index (Phi) is 5.01. The van der Waals surface area contributed by atoms with E-state index >= 15 is 0 Å². The number of oxazole rings is 1. The summed E-state index contributed by atoms with van der Waals surface area (Å²) < 4.78 is 12.7. The number of aromatic nitrogens is 1. The molecule has 4 nitrogen and oxygen atoms in total. The molecule has 19 heavy (non-hydrogen) atoms. The van der Waals surface area contributed by atoms with Crippen molar-refractivity contribution in [2.75, 3.05) is 0 Å². The molecular formula is C13H14Br2N2O2. The first-order chi connectivity index (χ1) is 9.04. The van der Waals surface area contributed by atoms with Crippen LogP contribution in [-0.4, -0.2) is 11.0 Å². The van der Waals surface area contributed by atoms with Crippen molar-refractivity contribution in [3.63, 3.8) is 0 Å². The zero-order valence-corrected chi connectivity index (χ0v) is 13.8. The molecule has 0 aliphatic rings. The number of benzene rings is 1. The molecule has 0 aliphatic heterocycles. The largest absolute Gasteiger partial charge is 0.417 e. The van der Waals surface area contributed by atoms with Gasteiger partial charge in [0.1, 0.15) is 12.0 Å². The maximum atomic E-state index is 5.58. The van der Waals surface area contributed by atoms with Crippen LogP contribution in [0.2, 0.25) is 0 Å². The molecule has 1 aromatic carbocycles. The van der Waals surface area contributed by atoms with E-state index in [4.69, 9.17) is 9.15 Å². The van der Waals surface area contributed by atoms with Crippen molar-refractivity contribution in [1.82, 2.24) is 10.3 Å². The van der Waals surface area contributed by atoms with Crippen LogP contribution in [0.3, 0.4) is 0 Å². The summed E-state index contributed by atoms with van der Waals surface area (Å²) in [6.07, 6.45) is 1.83. The Morgan fingerprint density at radius 3 is 2.84 bits per heavy atom. The monoisotopic (exact) mass is 388 g/mol. The standard InChI is InChI=1S/C13H14Br2N2O2/c1-8(2)16-6-10-7-18-13(17-10)19-12-4-3-9(14)5-11(12)15/h3-5,7-8,16H,6H2,1-2H3. The second-order valence-corrected chi connectivity index (χ2v) is 6.09. The number of nitrogens with zero attached hydrogens (tertiary/aromatic N) is 1. The van der Waals surface area contributed by atoms with E-state index in [1.807, 2.05) is 18.2 Å². The molecule has 0 atom stereocenters. The Morgan fingerprint density at radius 2 is 2.16 bits per heavy atom. The SMILES string of the molecule is CC(C)NCc1coc(Oc2ccc(Br)cc2Br)n1. The zero-order valence-electron chi connectivity index (χ0n) is 10.6. The highest BCUT2D eigenvalue weighted by Crippen LogP contribution is 2.31. The summed E-state index contributed by atoms with van der Waals surface area (Å²) in [6, 6.07) is 6.04. The van der Waals surface area contributed by atoms with Crippen molar-refractivity contribution in [1.29, 1.82) is 0 Å². The van der Waals surface area contributed by atoms with E-state index in [0.29, 0.717) is 18.3 Å². The lowest BCUT2D eigenvalue weighted by Crippen LogP contribution is -2.21. The fourth-order valence-electron chi connectivity index (χ4n) is 1.38. The molecule has 2 rings (SSSR count). The van der Waals surface area contributed by atoms with Crippen LogP contribution in [0.5, 0.6) is 11.8 Å². The van der Waals surface area contributed by atoms with Crippen LogP contribution in [0.15, 0.2) is 37.8 Å².